The molecular formula is C24H20F3N5O5. The molecule has 13 heteroatoms. The molecule has 1 unspecified atom stereocenters. The molecule has 0 bridgehead atoms. The molecule has 2 heterocycles. The third-order valence-electron chi connectivity index (χ3n) is 5.17. The molecule has 0 aliphatic carbocycles. The Labute approximate surface area is 207 Å². The summed E-state index contributed by atoms with van der Waals surface area (Å²) in [7, 11) is 0. The number of aliphatic hydroxyl groups excluding tert-OH is 1. The fourth-order valence-electron chi connectivity index (χ4n) is 3.41. The van der Waals surface area contributed by atoms with E-state index in [-0.39, 0.29) is 23.5 Å². The van der Waals surface area contributed by atoms with E-state index in [4.69, 9.17) is 9.05 Å². The van der Waals surface area contributed by atoms with Gasteiger partial charge in [-0.1, -0.05) is 64.9 Å². The molecule has 4 rings (SSSR count). The highest BCUT2D eigenvalue weighted by Gasteiger charge is 2.43. The smallest absolute Gasteiger partial charge is 0.378 e. The highest BCUT2D eigenvalue weighted by atomic mass is 19.4. The Morgan fingerprint density at radius 2 is 1.68 bits per heavy atom. The number of carbonyl (C=O) groups is 2. The number of hydrogen-bond donors (Lipinski definition) is 3. The zero-order valence-electron chi connectivity index (χ0n) is 19.2. The van der Waals surface area contributed by atoms with Crippen LogP contribution >= 0.6 is 0 Å². The van der Waals surface area contributed by atoms with Crippen LogP contribution in [0.5, 0.6) is 0 Å². The number of rotatable bonds is 8. The van der Waals surface area contributed by atoms with Crippen LogP contribution in [0.25, 0.3) is 34.3 Å². The number of alkyl halides is 3. The van der Waals surface area contributed by atoms with Crippen molar-refractivity contribution in [3.63, 3.8) is 0 Å². The normalized spacial score (nSPS) is 12.2. The lowest BCUT2D eigenvalue weighted by Gasteiger charge is -2.11. The Morgan fingerprint density at radius 1 is 0.973 bits per heavy atom. The van der Waals surface area contributed by atoms with E-state index in [0.717, 1.165) is 0 Å². The van der Waals surface area contributed by atoms with E-state index in [9.17, 15) is 27.9 Å². The zero-order valence-corrected chi connectivity index (χ0v) is 19.2. The topological polar surface area (TPSA) is 143 Å². The number of carbonyl (C=O) groups excluding carboxylic acids is 2. The summed E-state index contributed by atoms with van der Waals surface area (Å²) in [5, 5.41) is 22.4. The predicted octanol–water partition coefficient (Wildman–Crippen LogP) is 3.36. The monoisotopic (exact) mass is 515 g/mol. The standard InChI is InChI=1S/C24H20F3N5O5/c1-2-28-16(33)12-29-22(35)19(34)14-8-10-15(11-9-14)21-30-23(37-32-21)20-17(24(25,26)27)18(31-36-20)13-6-4-3-5-7-13/h3-11,19,34H,2,12H2,1H3,(H,28,33)(H,29,35). The molecule has 3 N–H and O–H groups in total. The Balaban J connectivity index is 1.54. The van der Waals surface area contributed by atoms with Crippen molar-refractivity contribution in [1.82, 2.24) is 25.9 Å². The van der Waals surface area contributed by atoms with Crippen LogP contribution in [0, 0.1) is 0 Å². The maximum atomic E-state index is 13.9. The first-order valence-corrected chi connectivity index (χ1v) is 11.0. The third kappa shape index (κ3) is 5.67. The second-order valence-electron chi connectivity index (χ2n) is 7.72. The van der Waals surface area contributed by atoms with Crippen LogP contribution < -0.4 is 10.6 Å². The lowest BCUT2D eigenvalue weighted by Crippen LogP contribution is -2.38. The maximum absolute atomic E-state index is 13.9. The van der Waals surface area contributed by atoms with Crippen molar-refractivity contribution in [3.05, 3.63) is 65.7 Å². The first-order valence-electron chi connectivity index (χ1n) is 11.0. The number of benzene rings is 2. The predicted molar refractivity (Wildman–Crippen MR) is 122 cm³/mol. The molecule has 4 aromatic rings. The van der Waals surface area contributed by atoms with Gasteiger partial charge in [0.15, 0.2) is 6.10 Å². The number of aliphatic hydroxyl groups is 1. The van der Waals surface area contributed by atoms with Gasteiger partial charge in [-0.05, 0) is 12.5 Å². The number of likely N-dealkylation sites (N-methyl/N-ethyl adjacent to an activating group) is 1. The molecule has 0 spiro atoms. The second-order valence-corrected chi connectivity index (χ2v) is 7.72. The summed E-state index contributed by atoms with van der Waals surface area (Å²) >= 11 is 0. The van der Waals surface area contributed by atoms with Gasteiger partial charge in [-0.2, -0.15) is 18.2 Å². The summed E-state index contributed by atoms with van der Waals surface area (Å²) in [6.45, 7) is 1.84. The van der Waals surface area contributed by atoms with Crippen LogP contribution in [0.2, 0.25) is 0 Å². The van der Waals surface area contributed by atoms with Crippen LogP contribution in [0.3, 0.4) is 0 Å². The Hall–Kier alpha value is -4.52. The maximum Gasteiger partial charge on any atom is 0.422 e. The summed E-state index contributed by atoms with van der Waals surface area (Å²) in [6.07, 6.45) is -6.37. The number of nitrogens with one attached hydrogen (secondary N) is 2. The summed E-state index contributed by atoms with van der Waals surface area (Å²) < 4.78 is 51.7. The van der Waals surface area contributed by atoms with E-state index in [2.05, 4.69) is 25.9 Å². The molecule has 0 saturated carbocycles. The average molecular weight is 515 g/mol. The first-order chi connectivity index (χ1) is 17.7. The molecule has 2 aromatic heterocycles. The molecule has 37 heavy (non-hydrogen) atoms. The summed E-state index contributed by atoms with van der Waals surface area (Å²) in [5.41, 5.74) is -0.806. The first kappa shape index (κ1) is 25.6. The van der Waals surface area contributed by atoms with Gasteiger partial charge in [-0.3, -0.25) is 9.59 Å². The van der Waals surface area contributed by atoms with E-state index < -0.39 is 47.0 Å². The van der Waals surface area contributed by atoms with E-state index in [1.54, 1.807) is 25.1 Å². The van der Waals surface area contributed by atoms with Crippen molar-refractivity contribution < 1.29 is 36.9 Å². The number of aromatic nitrogens is 3. The Morgan fingerprint density at radius 3 is 2.32 bits per heavy atom. The van der Waals surface area contributed by atoms with E-state index in [0.29, 0.717) is 12.1 Å². The molecule has 0 saturated heterocycles. The average Bonchev–Trinajstić information content (AvgIpc) is 3.55. The number of halogens is 3. The van der Waals surface area contributed by atoms with Gasteiger partial charge in [0.1, 0.15) is 11.3 Å². The zero-order chi connectivity index (χ0) is 26.6. The minimum atomic E-state index is -4.81. The molecule has 0 fully saturated rings. The van der Waals surface area contributed by atoms with Gasteiger partial charge >= 0.3 is 6.18 Å². The number of hydrogen-bond acceptors (Lipinski definition) is 8. The van der Waals surface area contributed by atoms with E-state index in [1.807, 2.05) is 0 Å². The molecular weight excluding hydrogens is 495 g/mol. The molecule has 1 atom stereocenters. The van der Waals surface area contributed by atoms with Gasteiger partial charge < -0.3 is 24.8 Å². The van der Waals surface area contributed by atoms with Crippen molar-refractivity contribution in [2.24, 2.45) is 0 Å². The largest absolute Gasteiger partial charge is 0.422 e. The lowest BCUT2D eigenvalue weighted by atomic mass is 10.1. The van der Waals surface area contributed by atoms with Crippen LogP contribution in [0.1, 0.15) is 24.2 Å². The van der Waals surface area contributed by atoms with Crippen molar-refractivity contribution in [2.45, 2.75) is 19.2 Å². The van der Waals surface area contributed by atoms with Crippen LogP contribution in [0.4, 0.5) is 13.2 Å². The number of nitrogens with zero attached hydrogens (tertiary/aromatic N) is 3. The van der Waals surface area contributed by atoms with E-state index >= 15 is 0 Å². The summed E-state index contributed by atoms with van der Waals surface area (Å²) in [5.74, 6) is -2.48. The Bertz CT molecular complexity index is 1380. The minimum Gasteiger partial charge on any atom is -0.378 e. The summed E-state index contributed by atoms with van der Waals surface area (Å²) in [4.78, 5) is 27.6. The molecule has 0 aliphatic heterocycles. The molecule has 192 valence electrons. The van der Waals surface area contributed by atoms with Gasteiger partial charge in [0, 0.05) is 17.7 Å². The van der Waals surface area contributed by atoms with Crippen molar-refractivity contribution >= 4 is 11.8 Å². The third-order valence-corrected chi connectivity index (χ3v) is 5.17. The minimum absolute atomic E-state index is 0.0532. The van der Waals surface area contributed by atoms with Crippen LogP contribution in [0.15, 0.2) is 63.6 Å². The van der Waals surface area contributed by atoms with Crippen LogP contribution in [-0.2, 0) is 15.8 Å². The number of amides is 2. The van der Waals surface area contributed by atoms with Gasteiger partial charge in [0.2, 0.25) is 17.5 Å². The molecule has 2 amide bonds. The van der Waals surface area contributed by atoms with Gasteiger partial charge in [0.25, 0.3) is 11.8 Å². The molecule has 2 aromatic carbocycles. The van der Waals surface area contributed by atoms with Crippen molar-refractivity contribution in [3.8, 4) is 34.3 Å². The highest BCUT2D eigenvalue weighted by Crippen LogP contribution is 2.43. The van der Waals surface area contributed by atoms with E-state index in [1.165, 1.54) is 36.4 Å². The van der Waals surface area contributed by atoms with Gasteiger partial charge in [-0.25, -0.2) is 0 Å². The fraction of sp³-hybridized carbons (Fsp3) is 0.208. The van der Waals surface area contributed by atoms with Crippen LogP contribution in [-0.4, -0.2) is 45.3 Å². The molecule has 0 radical (unpaired) electrons. The lowest BCUT2D eigenvalue weighted by molar-refractivity contribution is -0.137. The van der Waals surface area contributed by atoms with Crippen molar-refractivity contribution in [2.75, 3.05) is 13.1 Å². The van der Waals surface area contributed by atoms with Gasteiger partial charge in [0.05, 0.1) is 6.54 Å². The SMILES string of the molecule is CCNC(=O)CNC(=O)C(O)c1ccc(-c2noc(-c3onc(-c4ccccc4)c3C(F)(F)F)n2)cc1. The highest BCUT2D eigenvalue weighted by molar-refractivity contribution is 5.87. The fourth-order valence-corrected chi connectivity index (χ4v) is 3.41. The van der Waals surface area contributed by atoms with Crippen molar-refractivity contribution in [1.29, 1.82) is 0 Å². The quantitative estimate of drug-likeness (QED) is 0.324. The Kier molecular flexibility index (Phi) is 7.34. The van der Waals surface area contributed by atoms with Gasteiger partial charge in [-0.15, -0.1) is 0 Å². The molecule has 0 aliphatic rings. The second kappa shape index (κ2) is 10.6. The molecule has 10 nitrogen and oxygen atoms in total. The summed E-state index contributed by atoms with van der Waals surface area (Å²) in [6, 6.07) is 13.4.